The molecule has 0 unspecified atom stereocenters. The maximum atomic E-state index is 6.08. The molecule has 1 aromatic heterocycles. The number of nitrogens with one attached hydrogen (secondary N) is 2. The molecule has 0 bridgehead atoms. The van der Waals surface area contributed by atoms with E-state index in [-0.39, 0.29) is 0 Å². The first-order valence-electron chi connectivity index (χ1n) is 7.03. The first kappa shape index (κ1) is 15.3. The van der Waals surface area contributed by atoms with E-state index in [1.165, 1.54) is 19.3 Å². The summed E-state index contributed by atoms with van der Waals surface area (Å²) in [4.78, 5) is 10.9. The van der Waals surface area contributed by atoms with Crippen molar-refractivity contribution in [3.05, 3.63) is 11.2 Å². The van der Waals surface area contributed by atoms with Gasteiger partial charge in [-0.3, -0.25) is 0 Å². The Kier molecular flexibility index (Phi) is 5.79. The van der Waals surface area contributed by atoms with Gasteiger partial charge in [-0.2, -0.15) is 4.98 Å². The van der Waals surface area contributed by atoms with Crippen LogP contribution in [0.15, 0.2) is 6.07 Å². The molecule has 0 spiro atoms. The SMILES string of the molecule is CCCNC(=S)Nc1nc(Cl)cc(N2CCCCC2)n1. The van der Waals surface area contributed by atoms with E-state index in [4.69, 9.17) is 23.8 Å². The van der Waals surface area contributed by atoms with Crippen LogP contribution in [0.2, 0.25) is 5.15 Å². The fraction of sp³-hybridized carbons (Fsp3) is 0.615. The average molecular weight is 314 g/mol. The summed E-state index contributed by atoms with van der Waals surface area (Å²) in [5.41, 5.74) is 0. The van der Waals surface area contributed by atoms with Crippen LogP contribution in [0.3, 0.4) is 0 Å². The van der Waals surface area contributed by atoms with E-state index in [0.29, 0.717) is 16.2 Å². The average Bonchev–Trinajstić information content (AvgIpc) is 2.45. The van der Waals surface area contributed by atoms with E-state index >= 15 is 0 Å². The standard InChI is InChI=1S/C13H20ClN5S/c1-2-6-15-13(20)18-12-16-10(14)9-11(17-12)19-7-4-3-5-8-19/h9H,2-8H2,1H3,(H2,15,16,17,18,20). The van der Waals surface area contributed by atoms with Crippen molar-refractivity contribution in [3.8, 4) is 0 Å². The quantitative estimate of drug-likeness (QED) is 0.658. The molecule has 1 aromatic rings. The third-order valence-electron chi connectivity index (χ3n) is 3.12. The first-order valence-corrected chi connectivity index (χ1v) is 7.82. The second-order valence-corrected chi connectivity index (χ2v) is 5.60. The fourth-order valence-corrected chi connectivity index (χ4v) is 2.50. The molecule has 0 atom stereocenters. The molecule has 2 N–H and O–H groups in total. The molecule has 0 aromatic carbocycles. The zero-order chi connectivity index (χ0) is 14.4. The first-order chi connectivity index (χ1) is 9.69. The van der Waals surface area contributed by atoms with Crippen molar-refractivity contribution in [3.63, 3.8) is 0 Å². The minimum absolute atomic E-state index is 0.432. The van der Waals surface area contributed by atoms with E-state index in [2.05, 4.69) is 32.4 Å². The topological polar surface area (TPSA) is 53.1 Å². The second-order valence-electron chi connectivity index (χ2n) is 4.80. The Labute approximate surface area is 130 Å². The lowest BCUT2D eigenvalue weighted by molar-refractivity contribution is 0.573. The number of rotatable bonds is 4. The van der Waals surface area contributed by atoms with Crippen molar-refractivity contribution >= 4 is 40.7 Å². The molecule has 7 heteroatoms. The Bertz CT molecular complexity index is 462. The molecular weight excluding hydrogens is 294 g/mol. The number of halogens is 1. The molecule has 1 fully saturated rings. The van der Waals surface area contributed by atoms with Gasteiger partial charge in [0.1, 0.15) is 11.0 Å². The minimum atomic E-state index is 0.432. The van der Waals surface area contributed by atoms with Gasteiger partial charge in [-0.05, 0) is 37.9 Å². The third kappa shape index (κ3) is 4.45. The number of nitrogens with zero attached hydrogens (tertiary/aromatic N) is 3. The van der Waals surface area contributed by atoms with Gasteiger partial charge in [0.15, 0.2) is 5.11 Å². The zero-order valence-electron chi connectivity index (χ0n) is 11.7. The van der Waals surface area contributed by atoms with Crippen LogP contribution in [0.4, 0.5) is 11.8 Å². The second kappa shape index (κ2) is 7.59. The minimum Gasteiger partial charge on any atom is -0.362 e. The molecule has 110 valence electrons. The fourth-order valence-electron chi connectivity index (χ4n) is 2.13. The molecule has 2 rings (SSSR count). The molecule has 1 aliphatic rings. The van der Waals surface area contributed by atoms with Gasteiger partial charge in [0, 0.05) is 25.7 Å². The molecule has 0 radical (unpaired) electrons. The van der Waals surface area contributed by atoms with Crippen LogP contribution in [0.5, 0.6) is 0 Å². The van der Waals surface area contributed by atoms with E-state index < -0.39 is 0 Å². The summed E-state index contributed by atoms with van der Waals surface area (Å²) in [7, 11) is 0. The van der Waals surface area contributed by atoms with Crippen molar-refractivity contribution < 1.29 is 0 Å². The van der Waals surface area contributed by atoms with Crippen LogP contribution < -0.4 is 15.5 Å². The van der Waals surface area contributed by atoms with Gasteiger partial charge in [0.05, 0.1) is 0 Å². The predicted molar refractivity (Wildman–Crippen MR) is 87.6 cm³/mol. The summed E-state index contributed by atoms with van der Waals surface area (Å²) in [6, 6.07) is 1.81. The summed E-state index contributed by atoms with van der Waals surface area (Å²) in [5.74, 6) is 1.32. The van der Waals surface area contributed by atoms with Gasteiger partial charge < -0.3 is 15.5 Å². The van der Waals surface area contributed by atoms with Gasteiger partial charge in [0.2, 0.25) is 5.95 Å². The van der Waals surface area contributed by atoms with Crippen LogP contribution in [0, 0.1) is 0 Å². The number of hydrogen-bond acceptors (Lipinski definition) is 4. The molecule has 1 aliphatic heterocycles. The predicted octanol–water partition coefficient (Wildman–Crippen LogP) is 2.82. The lowest BCUT2D eigenvalue weighted by Crippen LogP contribution is -2.32. The maximum absolute atomic E-state index is 6.08. The summed E-state index contributed by atoms with van der Waals surface area (Å²) < 4.78 is 0. The van der Waals surface area contributed by atoms with E-state index in [0.717, 1.165) is 31.9 Å². The molecular formula is C13H20ClN5S. The van der Waals surface area contributed by atoms with Gasteiger partial charge in [-0.15, -0.1) is 0 Å². The summed E-state index contributed by atoms with van der Waals surface area (Å²) >= 11 is 11.3. The van der Waals surface area contributed by atoms with Gasteiger partial charge in [-0.25, -0.2) is 4.98 Å². The lowest BCUT2D eigenvalue weighted by Gasteiger charge is -2.27. The summed E-state index contributed by atoms with van der Waals surface area (Å²) in [6.45, 7) is 4.95. The van der Waals surface area contributed by atoms with Crippen molar-refractivity contribution in [1.29, 1.82) is 0 Å². The Morgan fingerprint density at radius 3 is 2.80 bits per heavy atom. The molecule has 5 nitrogen and oxygen atoms in total. The highest BCUT2D eigenvalue weighted by atomic mass is 35.5. The molecule has 0 aliphatic carbocycles. The lowest BCUT2D eigenvalue weighted by atomic mass is 10.1. The number of aromatic nitrogens is 2. The number of anilines is 2. The normalized spacial score (nSPS) is 15.0. The highest BCUT2D eigenvalue weighted by Crippen LogP contribution is 2.21. The van der Waals surface area contributed by atoms with Crippen LogP contribution >= 0.6 is 23.8 Å². The number of hydrogen-bond donors (Lipinski definition) is 2. The monoisotopic (exact) mass is 313 g/mol. The highest BCUT2D eigenvalue weighted by Gasteiger charge is 2.14. The van der Waals surface area contributed by atoms with Crippen LogP contribution in [-0.4, -0.2) is 34.7 Å². The number of thiocarbonyl (C=S) groups is 1. The Hall–Kier alpha value is -1.14. The molecule has 20 heavy (non-hydrogen) atoms. The van der Waals surface area contributed by atoms with E-state index in [9.17, 15) is 0 Å². The Morgan fingerprint density at radius 2 is 2.10 bits per heavy atom. The van der Waals surface area contributed by atoms with Crippen molar-refractivity contribution in [2.24, 2.45) is 0 Å². The highest BCUT2D eigenvalue weighted by molar-refractivity contribution is 7.80. The van der Waals surface area contributed by atoms with Crippen LogP contribution in [0.1, 0.15) is 32.6 Å². The van der Waals surface area contributed by atoms with Crippen LogP contribution in [-0.2, 0) is 0 Å². The third-order valence-corrected chi connectivity index (χ3v) is 3.56. The van der Waals surface area contributed by atoms with Crippen molar-refractivity contribution in [1.82, 2.24) is 15.3 Å². The Morgan fingerprint density at radius 1 is 1.35 bits per heavy atom. The molecule has 1 saturated heterocycles. The van der Waals surface area contributed by atoms with Crippen molar-refractivity contribution in [2.45, 2.75) is 32.6 Å². The van der Waals surface area contributed by atoms with Crippen molar-refractivity contribution in [2.75, 3.05) is 29.9 Å². The van der Waals surface area contributed by atoms with Gasteiger partial charge >= 0.3 is 0 Å². The molecule has 0 saturated carbocycles. The zero-order valence-corrected chi connectivity index (χ0v) is 13.2. The van der Waals surface area contributed by atoms with Crippen LogP contribution in [0.25, 0.3) is 0 Å². The number of piperidine rings is 1. The Balaban J connectivity index is 2.05. The molecule has 2 heterocycles. The van der Waals surface area contributed by atoms with E-state index in [1.54, 1.807) is 6.07 Å². The van der Waals surface area contributed by atoms with Gasteiger partial charge in [-0.1, -0.05) is 18.5 Å². The molecule has 0 amide bonds. The summed E-state index contributed by atoms with van der Waals surface area (Å²) in [5, 5.41) is 7.03. The smallest absolute Gasteiger partial charge is 0.232 e. The maximum Gasteiger partial charge on any atom is 0.232 e. The largest absolute Gasteiger partial charge is 0.362 e. The van der Waals surface area contributed by atoms with Gasteiger partial charge in [0.25, 0.3) is 0 Å². The summed E-state index contributed by atoms with van der Waals surface area (Å²) in [6.07, 6.45) is 4.68. The van der Waals surface area contributed by atoms with E-state index in [1.807, 2.05) is 0 Å².